The van der Waals surface area contributed by atoms with Crippen LogP contribution < -0.4 is 10.9 Å². The van der Waals surface area contributed by atoms with Gasteiger partial charge in [0.15, 0.2) is 0 Å². The Morgan fingerprint density at radius 2 is 2.20 bits per heavy atom. The number of halogens is 1. The highest BCUT2D eigenvalue weighted by Crippen LogP contribution is 2.17. The first-order valence-corrected chi connectivity index (χ1v) is 6.90. The largest absolute Gasteiger partial charge is 0.378 e. The number of pyridine rings is 1. The molecule has 2 rings (SSSR count). The molecule has 2 aromatic heterocycles. The van der Waals surface area contributed by atoms with E-state index in [1.54, 1.807) is 18.6 Å². The lowest BCUT2D eigenvalue weighted by molar-refractivity contribution is 0.568. The zero-order valence-electron chi connectivity index (χ0n) is 11.6. The molecule has 0 aliphatic carbocycles. The Balaban J connectivity index is 2.17. The zero-order valence-corrected chi connectivity index (χ0v) is 12.3. The molecule has 106 valence electrons. The minimum absolute atomic E-state index is 0.181. The molecule has 0 saturated heterocycles. The van der Waals surface area contributed by atoms with Crippen molar-refractivity contribution in [2.45, 2.75) is 33.4 Å². The molecule has 6 heteroatoms. The van der Waals surface area contributed by atoms with Crippen LogP contribution in [0.3, 0.4) is 0 Å². The SMILES string of the molecule is CCCn1ncc(NCc2ccncc2C)c(Cl)c1=O. The van der Waals surface area contributed by atoms with E-state index in [0.29, 0.717) is 18.8 Å². The van der Waals surface area contributed by atoms with Crippen molar-refractivity contribution in [3.05, 3.63) is 51.2 Å². The maximum atomic E-state index is 12.0. The van der Waals surface area contributed by atoms with E-state index >= 15 is 0 Å². The third kappa shape index (κ3) is 3.17. The summed E-state index contributed by atoms with van der Waals surface area (Å²) in [6, 6.07) is 1.93. The maximum absolute atomic E-state index is 12.0. The highest BCUT2D eigenvalue weighted by molar-refractivity contribution is 6.32. The highest BCUT2D eigenvalue weighted by Gasteiger charge is 2.09. The van der Waals surface area contributed by atoms with Crippen molar-refractivity contribution < 1.29 is 0 Å². The summed E-state index contributed by atoms with van der Waals surface area (Å²) in [6.07, 6.45) is 5.97. The summed E-state index contributed by atoms with van der Waals surface area (Å²) >= 11 is 6.09. The number of aryl methyl sites for hydroxylation is 2. The van der Waals surface area contributed by atoms with E-state index in [9.17, 15) is 4.79 Å². The number of nitrogens with one attached hydrogen (secondary N) is 1. The van der Waals surface area contributed by atoms with Gasteiger partial charge in [0.05, 0.1) is 11.9 Å². The molecule has 0 aliphatic rings. The predicted octanol–water partition coefficient (Wildman–Crippen LogP) is 2.62. The number of rotatable bonds is 5. The first kappa shape index (κ1) is 14.5. The normalized spacial score (nSPS) is 10.6. The first-order valence-electron chi connectivity index (χ1n) is 6.52. The van der Waals surface area contributed by atoms with Crippen molar-refractivity contribution >= 4 is 17.3 Å². The Bertz CT molecular complexity index is 654. The zero-order chi connectivity index (χ0) is 14.5. The molecule has 1 N–H and O–H groups in total. The second kappa shape index (κ2) is 6.52. The van der Waals surface area contributed by atoms with Crippen molar-refractivity contribution in [2.24, 2.45) is 0 Å². The van der Waals surface area contributed by atoms with Crippen LogP contribution in [0.15, 0.2) is 29.5 Å². The quantitative estimate of drug-likeness (QED) is 0.920. The number of nitrogens with zero attached hydrogens (tertiary/aromatic N) is 3. The van der Waals surface area contributed by atoms with Crippen molar-refractivity contribution in [2.75, 3.05) is 5.32 Å². The average molecular weight is 293 g/mol. The van der Waals surface area contributed by atoms with Gasteiger partial charge < -0.3 is 5.32 Å². The molecular formula is C14H17ClN4O. The molecule has 20 heavy (non-hydrogen) atoms. The number of aromatic nitrogens is 3. The molecule has 0 fully saturated rings. The number of hydrogen-bond donors (Lipinski definition) is 1. The van der Waals surface area contributed by atoms with Gasteiger partial charge in [-0.2, -0.15) is 5.10 Å². The summed E-state index contributed by atoms with van der Waals surface area (Å²) in [4.78, 5) is 16.0. The fraction of sp³-hybridized carbons (Fsp3) is 0.357. The van der Waals surface area contributed by atoms with Crippen LogP contribution in [0.25, 0.3) is 0 Å². The Kier molecular flexibility index (Phi) is 4.74. The lowest BCUT2D eigenvalue weighted by Crippen LogP contribution is -2.24. The molecule has 0 amide bonds. The average Bonchev–Trinajstić information content (AvgIpc) is 2.45. The molecule has 5 nitrogen and oxygen atoms in total. The lowest BCUT2D eigenvalue weighted by Gasteiger charge is -2.11. The highest BCUT2D eigenvalue weighted by atomic mass is 35.5. The second-order valence-electron chi connectivity index (χ2n) is 4.56. The van der Waals surface area contributed by atoms with Gasteiger partial charge in [-0.25, -0.2) is 4.68 Å². The molecule has 0 atom stereocenters. The minimum Gasteiger partial charge on any atom is -0.378 e. The standard InChI is InChI=1S/C14H17ClN4O/c1-3-6-19-14(20)13(15)12(9-18-19)17-8-11-4-5-16-7-10(11)2/h4-5,7,9,17H,3,6,8H2,1-2H3. The van der Waals surface area contributed by atoms with Crippen LogP contribution in [0, 0.1) is 6.92 Å². The lowest BCUT2D eigenvalue weighted by atomic mass is 10.1. The summed E-state index contributed by atoms with van der Waals surface area (Å²) in [5, 5.41) is 7.43. The summed E-state index contributed by atoms with van der Waals surface area (Å²) in [5.74, 6) is 0. The van der Waals surface area contributed by atoms with E-state index < -0.39 is 0 Å². The molecule has 0 spiro atoms. The van der Waals surface area contributed by atoms with Gasteiger partial charge in [-0.15, -0.1) is 0 Å². The number of hydrogen-bond acceptors (Lipinski definition) is 4. The van der Waals surface area contributed by atoms with Gasteiger partial charge in [0.25, 0.3) is 5.56 Å². The summed E-state index contributed by atoms with van der Waals surface area (Å²) in [6.45, 7) is 5.12. The molecule has 0 aliphatic heterocycles. The smallest absolute Gasteiger partial charge is 0.287 e. The van der Waals surface area contributed by atoms with Crippen LogP contribution >= 0.6 is 11.6 Å². The van der Waals surface area contributed by atoms with E-state index in [-0.39, 0.29) is 10.6 Å². The Morgan fingerprint density at radius 1 is 1.40 bits per heavy atom. The molecule has 0 bridgehead atoms. The van der Waals surface area contributed by atoms with E-state index in [4.69, 9.17) is 11.6 Å². The molecule has 2 aromatic rings. The van der Waals surface area contributed by atoms with Crippen LogP contribution in [0.5, 0.6) is 0 Å². The van der Waals surface area contributed by atoms with Gasteiger partial charge in [-0.3, -0.25) is 9.78 Å². The van der Waals surface area contributed by atoms with Gasteiger partial charge in [0, 0.05) is 25.5 Å². The van der Waals surface area contributed by atoms with Gasteiger partial charge in [0.2, 0.25) is 0 Å². The number of anilines is 1. The fourth-order valence-electron chi connectivity index (χ4n) is 1.85. The Hall–Kier alpha value is -1.88. The molecule has 2 heterocycles. The van der Waals surface area contributed by atoms with Crippen molar-refractivity contribution in [3.63, 3.8) is 0 Å². The molecular weight excluding hydrogens is 276 g/mol. The third-order valence-corrected chi connectivity index (χ3v) is 3.39. The van der Waals surface area contributed by atoms with E-state index in [0.717, 1.165) is 17.5 Å². The monoisotopic (exact) mass is 292 g/mol. The van der Waals surface area contributed by atoms with Crippen LogP contribution in [-0.2, 0) is 13.1 Å². The van der Waals surface area contributed by atoms with Crippen LogP contribution in [0.2, 0.25) is 5.02 Å². The van der Waals surface area contributed by atoms with Crippen molar-refractivity contribution in [1.82, 2.24) is 14.8 Å². The predicted molar refractivity (Wildman–Crippen MR) is 80.1 cm³/mol. The molecule has 0 aromatic carbocycles. The minimum atomic E-state index is -0.259. The first-order chi connectivity index (χ1) is 9.63. The van der Waals surface area contributed by atoms with E-state index in [2.05, 4.69) is 15.4 Å². The Labute approximate surface area is 122 Å². The van der Waals surface area contributed by atoms with Crippen molar-refractivity contribution in [1.29, 1.82) is 0 Å². The fourth-order valence-corrected chi connectivity index (χ4v) is 2.06. The van der Waals surface area contributed by atoms with Crippen LogP contribution in [0.4, 0.5) is 5.69 Å². The van der Waals surface area contributed by atoms with Gasteiger partial charge in [0.1, 0.15) is 5.02 Å². The third-order valence-electron chi connectivity index (χ3n) is 3.03. The Morgan fingerprint density at radius 3 is 2.90 bits per heavy atom. The van der Waals surface area contributed by atoms with E-state index in [1.807, 2.05) is 19.9 Å². The van der Waals surface area contributed by atoms with Crippen LogP contribution in [-0.4, -0.2) is 14.8 Å². The topological polar surface area (TPSA) is 59.8 Å². The summed E-state index contributed by atoms with van der Waals surface area (Å²) in [7, 11) is 0. The molecule has 0 unspecified atom stereocenters. The molecule has 0 radical (unpaired) electrons. The summed E-state index contributed by atoms with van der Waals surface area (Å²) < 4.78 is 1.38. The van der Waals surface area contributed by atoms with Crippen molar-refractivity contribution in [3.8, 4) is 0 Å². The van der Waals surface area contributed by atoms with Crippen LogP contribution in [0.1, 0.15) is 24.5 Å². The molecule has 0 saturated carbocycles. The van der Waals surface area contributed by atoms with E-state index in [1.165, 1.54) is 4.68 Å². The van der Waals surface area contributed by atoms with Gasteiger partial charge >= 0.3 is 0 Å². The maximum Gasteiger partial charge on any atom is 0.287 e. The summed E-state index contributed by atoms with van der Waals surface area (Å²) in [5.41, 5.74) is 2.49. The van der Waals surface area contributed by atoms with Gasteiger partial charge in [-0.1, -0.05) is 18.5 Å². The second-order valence-corrected chi connectivity index (χ2v) is 4.93. The van der Waals surface area contributed by atoms with Gasteiger partial charge in [-0.05, 0) is 30.5 Å².